The predicted molar refractivity (Wildman–Crippen MR) is 127 cm³/mol. The lowest BCUT2D eigenvalue weighted by Crippen LogP contribution is -2.64. The van der Waals surface area contributed by atoms with Crippen molar-refractivity contribution in [3.8, 4) is 0 Å². The molecule has 230 valence electrons. The molecular formula is C17H26N6O16P2. The number of nitrogens with one attached hydrogen (secondary N) is 2. The standard InChI is InChI=1S/C17H26N6O16P2/c1-6(24)20-10-13(28)11(26)7(4-19-22-18)37-16(10)38-41(33,34)39-40(31,32)35-5-8-12(27)14(29)15(36-8)23-3-2-9(25)21-17(23)30/h2-3,7-8,10-16,26-29H,4-5H2,1H3,(H,20,24)(H,31,32)(H,33,34)(H,21,25,30)/t7-,8-,10-,11+,12-,13-,14-,15-,16-/m1/s1. The molecular weight excluding hydrogens is 606 g/mol. The van der Waals surface area contributed by atoms with Gasteiger partial charge in [-0.2, -0.15) is 4.31 Å². The van der Waals surface area contributed by atoms with Crippen LogP contribution in [-0.4, -0.2) is 108 Å². The highest BCUT2D eigenvalue weighted by atomic mass is 31.3. The van der Waals surface area contributed by atoms with Gasteiger partial charge in [0.05, 0.1) is 19.3 Å². The van der Waals surface area contributed by atoms with E-state index >= 15 is 0 Å². The van der Waals surface area contributed by atoms with Crippen LogP contribution in [0.25, 0.3) is 10.4 Å². The number of azide groups is 1. The average Bonchev–Trinajstić information content (AvgIpc) is 3.14. The molecule has 3 heterocycles. The number of carbonyl (C=O) groups excluding carboxylic acids is 1. The summed E-state index contributed by atoms with van der Waals surface area (Å²) in [7, 11) is -11.2. The lowest BCUT2D eigenvalue weighted by atomic mass is 9.97. The summed E-state index contributed by atoms with van der Waals surface area (Å²) in [6.45, 7) is -0.656. The van der Waals surface area contributed by atoms with Gasteiger partial charge < -0.3 is 45.0 Å². The third kappa shape index (κ3) is 8.28. The molecule has 0 aromatic carbocycles. The van der Waals surface area contributed by atoms with Crippen molar-refractivity contribution in [3.63, 3.8) is 0 Å². The minimum absolute atomic E-state index is 0.596. The zero-order valence-corrected chi connectivity index (χ0v) is 22.5. The maximum absolute atomic E-state index is 12.5. The third-order valence-electron chi connectivity index (χ3n) is 5.70. The fourth-order valence-corrected chi connectivity index (χ4v) is 6.04. The van der Waals surface area contributed by atoms with E-state index in [-0.39, 0.29) is 0 Å². The molecule has 0 bridgehead atoms. The molecule has 2 aliphatic heterocycles. The molecule has 2 aliphatic rings. The van der Waals surface area contributed by atoms with Crippen molar-refractivity contribution in [1.29, 1.82) is 0 Å². The Morgan fingerprint density at radius 1 is 1.12 bits per heavy atom. The second kappa shape index (κ2) is 13.2. The molecule has 41 heavy (non-hydrogen) atoms. The number of rotatable bonds is 11. The summed E-state index contributed by atoms with van der Waals surface area (Å²) in [6, 6.07) is -0.794. The van der Waals surface area contributed by atoms with Crippen LogP contribution in [0.5, 0.6) is 0 Å². The molecule has 1 aromatic heterocycles. The minimum atomic E-state index is -5.66. The number of aliphatic hydroxyl groups is 4. The highest BCUT2D eigenvalue weighted by molar-refractivity contribution is 7.61. The molecule has 2 unspecified atom stereocenters. The van der Waals surface area contributed by atoms with Gasteiger partial charge >= 0.3 is 21.3 Å². The van der Waals surface area contributed by atoms with Gasteiger partial charge in [0.15, 0.2) is 12.5 Å². The Morgan fingerprint density at radius 3 is 2.39 bits per heavy atom. The Labute approximate surface area is 227 Å². The summed E-state index contributed by atoms with van der Waals surface area (Å²) in [5, 5.41) is 46.2. The molecule has 0 radical (unpaired) electrons. The van der Waals surface area contributed by atoms with Gasteiger partial charge in [-0.3, -0.25) is 28.2 Å². The van der Waals surface area contributed by atoms with E-state index in [4.69, 9.17) is 19.5 Å². The Kier molecular flexibility index (Phi) is 10.6. The molecule has 0 saturated carbocycles. The quantitative estimate of drug-likeness (QED) is 0.0511. The Balaban J connectivity index is 1.68. The second-order valence-electron chi connectivity index (χ2n) is 8.65. The number of hydrogen-bond donors (Lipinski definition) is 8. The van der Waals surface area contributed by atoms with Gasteiger partial charge in [-0.05, 0) is 5.53 Å². The van der Waals surface area contributed by atoms with Gasteiger partial charge in [-0.25, -0.2) is 13.9 Å². The number of nitrogens with zero attached hydrogens (tertiary/aromatic N) is 4. The largest absolute Gasteiger partial charge is 0.483 e. The number of aromatic amines is 1. The van der Waals surface area contributed by atoms with E-state index in [1.165, 1.54) is 0 Å². The summed E-state index contributed by atoms with van der Waals surface area (Å²) in [5.41, 5.74) is 6.72. The van der Waals surface area contributed by atoms with Gasteiger partial charge in [-0.15, -0.1) is 0 Å². The lowest BCUT2D eigenvalue weighted by molar-refractivity contribution is -0.238. The van der Waals surface area contributed by atoms with Crippen LogP contribution < -0.4 is 16.6 Å². The normalized spacial score (nSPS) is 34.7. The summed E-state index contributed by atoms with van der Waals surface area (Å²) >= 11 is 0. The maximum Gasteiger partial charge on any atom is 0.483 e. The fraction of sp³-hybridized carbons (Fsp3) is 0.706. The van der Waals surface area contributed by atoms with Crippen molar-refractivity contribution < 1.29 is 67.0 Å². The van der Waals surface area contributed by atoms with E-state index in [0.717, 1.165) is 23.8 Å². The van der Waals surface area contributed by atoms with Crippen LogP contribution in [0.4, 0.5) is 0 Å². The van der Waals surface area contributed by atoms with Crippen LogP contribution >= 0.6 is 15.6 Å². The molecule has 11 atom stereocenters. The van der Waals surface area contributed by atoms with Gasteiger partial charge in [0.1, 0.15) is 36.6 Å². The molecule has 2 fully saturated rings. The number of phosphoric ester groups is 2. The first-order chi connectivity index (χ1) is 19.0. The number of hydrogen-bond acceptors (Lipinski definition) is 15. The zero-order valence-electron chi connectivity index (χ0n) is 20.7. The van der Waals surface area contributed by atoms with E-state index in [9.17, 15) is 53.7 Å². The van der Waals surface area contributed by atoms with Gasteiger partial charge in [0.25, 0.3) is 5.56 Å². The number of phosphoric acid groups is 2. The molecule has 8 N–H and O–H groups in total. The molecule has 2 saturated heterocycles. The monoisotopic (exact) mass is 632 g/mol. The number of aliphatic hydroxyl groups excluding tert-OH is 4. The summed E-state index contributed by atoms with van der Waals surface area (Å²) in [6.07, 6.45) is -13.1. The number of ether oxygens (including phenoxy) is 2. The van der Waals surface area contributed by atoms with Gasteiger partial charge in [0, 0.05) is 24.1 Å². The smallest absolute Gasteiger partial charge is 0.388 e. The number of H-pyrrole nitrogens is 1. The summed E-state index contributed by atoms with van der Waals surface area (Å²) in [5.74, 6) is -0.809. The topological polar surface area (TPSA) is 334 Å². The van der Waals surface area contributed by atoms with E-state index in [1.54, 1.807) is 0 Å². The predicted octanol–water partition coefficient (Wildman–Crippen LogP) is -3.33. The van der Waals surface area contributed by atoms with E-state index in [2.05, 4.69) is 24.2 Å². The third-order valence-corrected chi connectivity index (χ3v) is 8.30. The van der Waals surface area contributed by atoms with Crippen LogP contribution in [0.1, 0.15) is 13.2 Å². The first kappa shape index (κ1) is 33.0. The van der Waals surface area contributed by atoms with Gasteiger partial charge in [-0.1, -0.05) is 5.11 Å². The van der Waals surface area contributed by atoms with E-state index in [0.29, 0.717) is 0 Å². The number of carbonyl (C=O) groups is 1. The van der Waals surface area contributed by atoms with Gasteiger partial charge in [0.2, 0.25) is 5.91 Å². The molecule has 3 rings (SSSR count). The van der Waals surface area contributed by atoms with E-state index < -0.39 is 101 Å². The first-order valence-corrected chi connectivity index (χ1v) is 14.4. The molecule has 0 spiro atoms. The molecule has 22 nitrogen and oxygen atoms in total. The van der Waals surface area contributed by atoms with Crippen molar-refractivity contribution in [3.05, 3.63) is 43.5 Å². The van der Waals surface area contributed by atoms with E-state index in [1.807, 2.05) is 4.98 Å². The Bertz CT molecular complexity index is 1370. The van der Waals surface area contributed by atoms with Crippen molar-refractivity contribution >= 4 is 21.6 Å². The van der Waals surface area contributed by atoms with Crippen molar-refractivity contribution in [1.82, 2.24) is 14.9 Å². The van der Waals surface area contributed by atoms with Crippen LogP contribution in [0.2, 0.25) is 0 Å². The van der Waals surface area contributed by atoms with Crippen LogP contribution in [0, 0.1) is 0 Å². The summed E-state index contributed by atoms with van der Waals surface area (Å²) in [4.78, 5) is 59.1. The number of aromatic nitrogens is 2. The molecule has 1 aromatic rings. The maximum atomic E-state index is 12.5. The average molecular weight is 632 g/mol. The van der Waals surface area contributed by atoms with Crippen molar-refractivity contribution in [2.45, 2.75) is 62.1 Å². The Morgan fingerprint density at radius 2 is 1.78 bits per heavy atom. The van der Waals surface area contributed by atoms with Crippen molar-refractivity contribution in [2.75, 3.05) is 13.2 Å². The number of amides is 1. The highest BCUT2D eigenvalue weighted by Gasteiger charge is 2.50. The summed E-state index contributed by atoms with van der Waals surface area (Å²) < 4.78 is 49.6. The highest BCUT2D eigenvalue weighted by Crippen LogP contribution is 2.61. The van der Waals surface area contributed by atoms with Crippen LogP contribution in [0.3, 0.4) is 0 Å². The van der Waals surface area contributed by atoms with Crippen LogP contribution in [-0.2, 0) is 36.8 Å². The fourth-order valence-electron chi connectivity index (χ4n) is 3.87. The van der Waals surface area contributed by atoms with Crippen molar-refractivity contribution in [2.24, 2.45) is 5.11 Å². The second-order valence-corrected chi connectivity index (χ2v) is 11.6. The molecule has 0 aliphatic carbocycles. The Hall–Kier alpha value is -2.52. The minimum Gasteiger partial charge on any atom is -0.388 e. The first-order valence-electron chi connectivity index (χ1n) is 11.4. The van der Waals surface area contributed by atoms with Crippen LogP contribution in [0.15, 0.2) is 27.0 Å². The lowest BCUT2D eigenvalue weighted by Gasteiger charge is -2.42. The molecule has 1 amide bonds. The molecule has 24 heteroatoms. The SMILES string of the molecule is CC(=O)N[C@H]1[C@@H](OP(=O)(O)OP(=O)(O)OC[C@H]2O[C@@H](n3ccc(=O)[nH]c3=O)[C@H](O)[C@@H]2O)O[C@H](CN=[N+]=[N-])[C@H](O)[C@@H]1O. The zero-order chi connectivity index (χ0) is 30.7.